The van der Waals surface area contributed by atoms with E-state index >= 15 is 0 Å². The maximum absolute atomic E-state index is 13.0. The zero-order valence-corrected chi connectivity index (χ0v) is 16.8. The highest BCUT2D eigenvalue weighted by Crippen LogP contribution is 2.35. The number of esters is 1. The Balaban J connectivity index is 1.92. The lowest BCUT2D eigenvalue weighted by Gasteiger charge is -2.14. The van der Waals surface area contributed by atoms with Crippen molar-refractivity contribution in [3.05, 3.63) is 63.3 Å². The number of nitrogens with one attached hydrogen (secondary N) is 1. The number of Topliss-reactive ketones (excluding diaryl/α,β-unsaturated/α-hetero) is 1. The Hall–Kier alpha value is -3.88. The number of ketones is 1. The van der Waals surface area contributed by atoms with Crippen LogP contribution in [0.15, 0.2) is 36.4 Å². The maximum Gasteiger partial charge on any atom is 0.346 e. The van der Waals surface area contributed by atoms with Gasteiger partial charge < -0.3 is 19.2 Å². The summed E-state index contributed by atoms with van der Waals surface area (Å²) in [5.41, 5.74) is 0.981. The number of benzene rings is 2. The quantitative estimate of drug-likeness (QED) is 0.271. The standard InChI is InChI=1S/C21H20N2O7/c1-11-19(13-7-5-6-8-15(13)22-11)20(24)12(2)30-21(25)14-9-17(28-3)18(29-4)10-16(14)23(26)27/h5-10,12,22H,1-4H3/t12-/m1/s1. The Morgan fingerprint density at radius 3 is 2.37 bits per heavy atom. The summed E-state index contributed by atoms with van der Waals surface area (Å²) < 4.78 is 15.4. The molecule has 1 N–H and O–H groups in total. The number of nitrogens with zero attached hydrogens (tertiary/aromatic N) is 1. The molecule has 1 aromatic heterocycles. The summed E-state index contributed by atoms with van der Waals surface area (Å²) in [5, 5.41) is 12.1. The molecule has 9 nitrogen and oxygen atoms in total. The van der Waals surface area contributed by atoms with Gasteiger partial charge in [-0.3, -0.25) is 14.9 Å². The Morgan fingerprint density at radius 2 is 1.73 bits per heavy atom. The monoisotopic (exact) mass is 412 g/mol. The minimum atomic E-state index is -1.16. The Morgan fingerprint density at radius 1 is 1.10 bits per heavy atom. The second kappa shape index (κ2) is 8.24. The number of hydrogen-bond donors (Lipinski definition) is 1. The van der Waals surface area contributed by atoms with Gasteiger partial charge in [-0.1, -0.05) is 18.2 Å². The minimum Gasteiger partial charge on any atom is -0.493 e. The van der Waals surface area contributed by atoms with Gasteiger partial charge in [-0.25, -0.2) is 4.79 Å². The molecule has 3 rings (SSSR count). The first-order valence-electron chi connectivity index (χ1n) is 9.01. The van der Waals surface area contributed by atoms with Crippen LogP contribution in [0.4, 0.5) is 5.69 Å². The van der Waals surface area contributed by atoms with Gasteiger partial charge in [0.1, 0.15) is 5.56 Å². The van der Waals surface area contributed by atoms with E-state index in [-0.39, 0.29) is 17.1 Å². The SMILES string of the molecule is COc1cc(C(=O)O[C@H](C)C(=O)c2c(C)[nH]c3ccccc23)c([N+](=O)[O-])cc1OC. The molecule has 9 heteroatoms. The lowest BCUT2D eigenvalue weighted by atomic mass is 10.0. The first-order chi connectivity index (χ1) is 14.3. The molecule has 0 aliphatic rings. The van der Waals surface area contributed by atoms with Crippen LogP contribution < -0.4 is 9.47 Å². The average Bonchev–Trinajstić information content (AvgIpc) is 3.07. The van der Waals surface area contributed by atoms with Crippen LogP contribution in [0.25, 0.3) is 10.9 Å². The van der Waals surface area contributed by atoms with Crippen LogP contribution in [-0.4, -0.2) is 42.0 Å². The molecular formula is C21H20N2O7. The van der Waals surface area contributed by atoms with Gasteiger partial charge in [0.05, 0.1) is 25.2 Å². The molecule has 2 aromatic carbocycles. The van der Waals surface area contributed by atoms with Crippen molar-refractivity contribution in [3.63, 3.8) is 0 Å². The van der Waals surface area contributed by atoms with Crippen LogP contribution in [0.5, 0.6) is 11.5 Å². The smallest absolute Gasteiger partial charge is 0.346 e. The zero-order chi connectivity index (χ0) is 22.0. The van der Waals surface area contributed by atoms with Crippen LogP contribution in [0.2, 0.25) is 0 Å². The van der Waals surface area contributed by atoms with E-state index in [0.29, 0.717) is 16.6 Å². The molecule has 0 amide bonds. The molecule has 0 saturated heterocycles. The third kappa shape index (κ3) is 3.69. The number of aryl methyl sites for hydroxylation is 1. The highest BCUT2D eigenvalue weighted by atomic mass is 16.6. The second-order valence-corrected chi connectivity index (χ2v) is 6.56. The molecule has 0 radical (unpaired) electrons. The van der Waals surface area contributed by atoms with E-state index in [2.05, 4.69) is 4.98 Å². The molecule has 1 atom stereocenters. The molecule has 3 aromatic rings. The average molecular weight is 412 g/mol. The van der Waals surface area contributed by atoms with Crippen molar-refractivity contribution in [2.45, 2.75) is 20.0 Å². The molecule has 0 saturated carbocycles. The molecule has 1 heterocycles. The number of carbonyl (C=O) groups excluding carboxylic acids is 2. The number of aromatic amines is 1. The molecule has 0 bridgehead atoms. The van der Waals surface area contributed by atoms with Crippen LogP contribution in [-0.2, 0) is 4.74 Å². The number of nitro benzene ring substituents is 1. The fourth-order valence-electron chi connectivity index (χ4n) is 3.26. The highest BCUT2D eigenvalue weighted by Gasteiger charge is 2.30. The van der Waals surface area contributed by atoms with Gasteiger partial charge >= 0.3 is 5.97 Å². The number of carbonyl (C=O) groups is 2. The van der Waals surface area contributed by atoms with Gasteiger partial charge in [0, 0.05) is 28.2 Å². The topological polar surface area (TPSA) is 121 Å². The molecular weight excluding hydrogens is 392 g/mol. The van der Waals surface area contributed by atoms with Gasteiger partial charge in [-0.05, 0) is 19.9 Å². The molecule has 0 unspecified atom stereocenters. The summed E-state index contributed by atoms with van der Waals surface area (Å²) in [4.78, 5) is 39.5. The van der Waals surface area contributed by atoms with E-state index in [4.69, 9.17) is 14.2 Å². The summed E-state index contributed by atoms with van der Waals surface area (Å²) in [6, 6.07) is 9.50. The van der Waals surface area contributed by atoms with E-state index in [1.807, 2.05) is 12.1 Å². The number of nitro groups is 1. The molecule has 0 fully saturated rings. The fraction of sp³-hybridized carbons (Fsp3) is 0.238. The van der Waals surface area contributed by atoms with Gasteiger partial charge in [-0.15, -0.1) is 0 Å². The van der Waals surface area contributed by atoms with Crippen LogP contribution in [0.1, 0.15) is 33.3 Å². The van der Waals surface area contributed by atoms with Gasteiger partial charge in [0.25, 0.3) is 5.69 Å². The summed E-state index contributed by atoms with van der Waals surface area (Å²) in [5.74, 6) is -1.21. The highest BCUT2D eigenvalue weighted by molar-refractivity contribution is 6.12. The minimum absolute atomic E-state index is 0.0966. The maximum atomic E-state index is 13.0. The number of methoxy groups -OCH3 is 2. The van der Waals surface area contributed by atoms with Crippen LogP contribution in [0.3, 0.4) is 0 Å². The Bertz CT molecular complexity index is 1150. The molecule has 156 valence electrons. The fourth-order valence-corrected chi connectivity index (χ4v) is 3.26. The number of rotatable bonds is 7. The third-order valence-electron chi connectivity index (χ3n) is 4.71. The van der Waals surface area contributed by atoms with E-state index in [1.54, 1.807) is 19.1 Å². The van der Waals surface area contributed by atoms with Crippen molar-refractivity contribution >= 4 is 28.3 Å². The Kier molecular flexibility index (Phi) is 5.72. The van der Waals surface area contributed by atoms with Crippen LogP contribution >= 0.6 is 0 Å². The molecule has 30 heavy (non-hydrogen) atoms. The van der Waals surface area contributed by atoms with Gasteiger partial charge in [0.2, 0.25) is 5.78 Å². The van der Waals surface area contributed by atoms with Crippen molar-refractivity contribution in [2.24, 2.45) is 0 Å². The Labute approximate surface area is 171 Å². The molecule has 0 aliphatic heterocycles. The van der Waals surface area contributed by atoms with E-state index in [1.165, 1.54) is 21.1 Å². The van der Waals surface area contributed by atoms with Crippen molar-refractivity contribution in [3.8, 4) is 11.5 Å². The van der Waals surface area contributed by atoms with Crippen molar-refractivity contribution in [1.29, 1.82) is 0 Å². The number of H-pyrrole nitrogens is 1. The van der Waals surface area contributed by atoms with Gasteiger partial charge in [0.15, 0.2) is 17.6 Å². The number of para-hydroxylation sites is 1. The third-order valence-corrected chi connectivity index (χ3v) is 4.71. The summed E-state index contributed by atoms with van der Waals surface area (Å²) >= 11 is 0. The van der Waals surface area contributed by atoms with E-state index in [9.17, 15) is 19.7 Å². The number of fused-ring (bicyclic) bond motifs is 1. The van der Waals surface area contributed by atoms with Crippen molar-refractivity contribution in [1.82, 2.24) is 4.98 Å². The van der Waals surface area contributed by atoms with E-state index in [0.717, 1.165) is 17.6 Å². The lowest BCUT2D eigenvalue weighted by molar-refractivity contribution is -0.385. The largest absolute Gasteiger partial charge is 0.493 e. The molecule has 0 spiro atoms. The zero-order valence-electron chi connectivity index (χ0n) is 16.8. The van der Waals surface area contributed by atoms with Crippen LogP contribution in [0, 0.1) is 17.0 Å². The van der Waals surface area contributed by atoms with Crippen molar-refractivity contribution in [2.75, 3.05) is 14.2 Å². The number of ether oxygens (including phenoxy) is 3. The van der Waals surface area contributed by atoms with E-state index < -0.39 is 28.5 Å². The normalized spacial score (nSPS) is 11.7. The first kappa shape index (κ1) is 20.8. The number of hydrogen-bond acceptors (Lipinski definition) is 7. The first-order valence-corrected chi connectivity index (χ1v) is 9.01. The second-order valence-electron chi connectivity index (χ2n) is 6.56. The summed E-state index contributed by atoms with van der Waals surface area (Å²) in [6.45, 7) is 3.18. The predicted molar refractivity (Wildman–Crippen MR) is 108 cm³/mol. The lowest BCUT2D eigenvalue weighted by Crippen LogP contribution is -2.25. The summed E-state index contributed by atoms with van der Waals surface area (Å²) in [7, 11) is 2.66. The number of aromatic nitrogens is 1. The predicted octanol–water partition coefficient (Wildman–Crippen LogP) is 3.83. The van der Waals surface area contributed by atoms with Gasteiger partial charge in [-0.2, -0.15) is 0 Å². The molecule has 0 aliphatic carbocycles. The van der Waals surface area contributed by atoms with Crippen molar-refractivity contribution < 1.29 is 28.7 Å². The summed E-state index contributed by atoms with van der Waals surface area (Å²) in [6.07, 6.45) is -1.16.